The average molecular weight is 269 g/mol. The molecule has 0 atom stereocenters. The van der Waals surface area contributed by atoms with Crippen LogP contribution in [-0.2, 0) is 9.53 Å². The van der Waals surface area contributed by atoms with Gasteiger partial charge in [0.25, 0.3) is 0 Å². The van der Waals surface area contributed by atoms with Crippen molar-refractivity contribution in [2.45, 2.75) is 26.2 Å². The number of hydrogen-bond donors (Lipinski definition) is 0. The van der Waals surface area contributed by atoms with Gasteiger partial charge in [0.2, 0.25) is 0 Å². The summed E-state index contributed by atoms with van der Waals surface area (Å²) in [6.45, 7) is 2.45. The zero-order chi connectivity index (χ0) is 14.6. The summed E-state index contributed by atoms with van der Waals surface area (Å²) in [6, 6.07) is 11.5. The third kappa shape index (κ3) is 6.01. The summed E-state index contributed by atoms with van der Waals surface area (Å²) < 4.78 is 5.04. The smallest absolute Gasteiger partial charge is 0.348 e. The van der Waals surface area contributed by atoms with Crippen molar-refractivity contribution in [3.05, 3.63) is 53.6 Å². The highest BCUT2D eigenvalue weighted by atomic mass is 16.5. The number of ether oxygens (including phenoxy) is 1. The molecular formula is C17H19NO2. The van der Waals surface area contributed by atoms with Gasteiger partial charge in [-0.2, -0.15) is 5.26 Å². The zero-order valence-electron chi connectivity index (χ0n) is 11.7. The molecule has 3 nitrogen and oxygen atoms in total. The van der Waals surface area contributed by atoms with Crippen molar-refractivity contribution in [2.24, 2.45) is 0 Å². The second-order valence-electron chi connectivity index (χ2n) is 4.30. The quantitative estimate of drug-likeness (QED) is 0.248. The molecular weight excluding hydrogens is 250 g/mol. The summed E-state index contributed by atoms with van der Waals surface area (Å²) in [5, 5.41) is 8.94. The highest BCUT2D eigenvalue weighted by Gasteiger charge is 2.08. The van der Waals surface area contributed by atoms with Crippen LogP contribution in [0.1, 0.15) is 31.7 Å². The van der Waals surface area contributed by atoms with E-state index in [1.807, 2.05) is 42.5 Å². The Morgan fingerprint density at radius 1 is 1.30 bits per heavy atom. The molecule has 0 spiro atoms. The van der Waals surface area contributed by atoms with Crippen molar-refractivity contribution in [3.8, 4) is 6.07 Å². The van der Waals surface area contributed by atoms with Crippen LogP contribution in [0.2, 0.25) is 0 Å². The molecule has 0 fully saturated rings. The summed E-state index contributed by atoms with van der Waals surface area (Å²) in [4.78, 5) is 11.6. The van der Waals surface area contributed by atoms with Crippen LogP contribution in [0, 0.1) is 11.3 Å². The van der Waals surface area contributed by atoms with E-state index < -0.39 is 5.97 Å². The number of allylic oxidation sites excluding steroid dienone is 2. The third-order valence-electron chi connectivity index (χ3n) is 2.67. The van der Waals surface area contributed by atoms with E-state index in [1.54, 1.807) is 6.08 Å². The molecule has 0 saturated heterocycles. The van der Waals surface area contributed by atoms with Crippen molar-refractivity contribution in [1.82, 2.24) is 0 Å². The first-order valence-corrected chi connectivity index (χ1v) is 6.78. The SMILES string of the molecule is CCCCCOC(=O)C(C#N)=CC=Cc1ccccc1. The number of rotatable bonds is 7. The van der Waals surface area contributed by atoms with Gasteiger partial charge in [0.1, 0.15) is 11.6 Å². The lowest BCUT2D eigenvalue weighted by Gasteiger charge is -2.02. The highest BCUT2D eigenvalue weighted by Crippen LogP contribution is 2.04. The molecule has 0 bridgehead atoms. The molecule has 0 aliphatic rings. The lowest BCUT2D eigenvalue weighted by Crippen LogP contribution is -2.07. The fraction of sp³-hybridized carbons (Fsp3) is 0.294. The fourth-order valence-electron chi connectivity index (χ4n) is 1.57. The Kier molecular flexibility index (Phi) is 7.52. The third-order valence-corrected chi connectivity index (χ3v) is 2.67. The number of carbonyl (C=O) groups is 1. The Morgan fingerprint density at radius 2 is 2.05 bits per heavy atom. The molecule has 104 valence electrons. The molecule has 1 aromatic rings. The van der Waals surface area contributed by atoms with Gasteiger partial charge in [-0.25, -0.2) is 4.79 Å². The monoisotopic (exact) mass is 269 g/mol. The first kappa shape index (κ1) is 15.7. The Hall–Kier alpha value is -2.34. The summed E-state index contributed by atoms with van der Waals surface area (Å²) in [7, 11) is 0. The van der Waals surface area contributed by atoms with Crippen molar-refractivity contribution in [3.63, 3.8) is 0 Å². The van der Waals surface area contributed by atoms with Crippen LogP contribution in [0.4, 0.5) is 0 Å². The average Bonchev–Trinajstić information content (AvgIpc) is 2.49. The normalized spacial score (nSPS) is 11.3. The van der Waals surface area contributed by atoms with Gasteiger partial charge in [0.05, 0.1) is 6.61 Å². The molecule has 0 unspecified atom stereocenters. The maximum absolute atomic E-state index is 11.6. The number of nitriles is 1. The van der Waals surface area contributed by atoms with Gasteiger partial charge >= 0.3 is 5.97 Å². The molecule has 0 aliphatic heterocycles. The minimum atomic E-state index is -0.554. The van der Waals surface area contributed by atoms with Crippen LogP contribution in [0.15, 0.2) is 48.1 Å². The zero-order valence-corrected chi connectivity index (χ0v) is 11.7. The van der Waals surface area contributed by atoms with E-state index in [1.165, 1.54) is 6.08 Å². The maximum atomic E-state index is 11.6. The molecule has 0 radical (unpaired) electrons. The van der Waals surface area contributed by atoms with Crippen molar-refractivity contribution < 1.29 is 9.53 Å². The summed E-state index contributed by atoms with van der Waals surface area (Å²) >= 11 is 0. The highest BCUT2D eigenvalue weighted by molar-refractivity contribution is 5.93. The molecule has 0 aromatic heterocycles. The van der Waals surface area contributed by atoms with E-state index in [0.717, 1.165) is 24.8 Å². The molecule has 1 aromatic carbocycles. The Balaban J connectivity index is 2.53. The van der Waals surface area contributed by atoms with Crippen LogP contribution in [0.5, 0.6) is 0 Å². The number of unbranched alkanes of at least 4 members (excludes halogenated alkanes) is 2. The van der Waals surface area contributed by atoms with Crippen molar-refractivity contribution in [1.29, 1.82) is 5.26 Å². The lowest BCUT2D eigenvalue weighted by atomic mass is 10.2. The molecule has 1 rings (SSSR count). The number of benzene rings is 1. The topological polar surface area (TPSA) is 50.1 Å². The van der Waals surface area contributed by atoms with E-state index in [0.29, 0.717) is 6.61 Å². The molecule has 20 heavy (non-hydrogen) atoms. The van der Waals surface area contributed by atoms with Gasteiger partial charge in [-0.05, 0) is 18.1 Å². The van der Waals surface area contributed by atoms with Crippen molar-refractivity contribution in [2.75, 3.05) is 6.61 Å². The van der Waals surface area contributed by atoms with Crippen molar-refractivity contribution >= 4 is 12.0 Å². The first-order chi connectivity index (χ1) is 9.77. The van der Waals surface area contributed by atoms with Crippen LogP contribution in [-0.4, -0.2) is 12.6 Å². The first-order valence-electron chi connectivity index (χ1n) is 6.78. The minimum Gasteiger partial charge on any atom is -0.462 e. The van der Waals surface area contributed by atoms with Crippen LogP contribution in [0.25, 0.3) is 6.08 Å². The molecule has 3 heteroatoms. The van der Waals surface area contributed by atoms with E-state index >= 15 is 0 Å². The maximum Gasteiger partial charge on any atom is 0.348 e. The molecule has 0 N–H and O–H groups in total. The summed E-state index contributed by atoms with van der Waals surface area (Å²) in [6.07, 6.45) is 7.92. The number of nitrogens with zero attached hydrogens (tertiary/aromatic N) is 1. The van der Waals surface area contributed by atoms with E-state index in [-0.39, 0.29) is 5.57 Å². The molecule has 0 saturated carbocycles. The second kappa shape index (κ2) is 9.57. The van der Waals surface area contributed by atoms with E-state index in [2.05, 4.69) is 6.92 Å². The standard InChI is InChI=1S/C17H19NO2/c1-2-3-7-13-20-17(19)16(14-18)12-8-11-15-9-5-4-6-10-15/h4-6,8-12H,2-3,7,13H2,1H3. The van der Waals surface area contributed by atoms with Gasteiger partial charge in [-0.1, -0.05) is 62.2 Å². The van der Waals surface area contributed by atoms with E-state index in [9.17, 15) is 4.79 Å². The Morgan fingerprint density at radius 3 is 2.70 bits per heavy atom. The van der Waals surface area contributed by atoms with Gasteiger partial charge < -0.3 is 4.74 Å². The lowest BCUT2D eigenvalue weighted by molar-refractivity contribution is -0.138. The van der Waals surface area contributed by atoms with Gasteiger partial charge in [0.15, 0.2) is 0 Å². The Labute approximate surface area is 120 Å². The molecule has 0 heterocycles. The summed E-state index contributed by atoms with van der Waals surface area (Å²) in [5.41, 5.74) is 1.03. The van der Waals surface area contributed by atoms with Crippen LogP contribution in [0.3, 0.4) is 0 Å². The predicted molar refractivity (Wildman–Crippen MR) is 79.7 cm³/mol. The Bertz CT molecular complexity index is 510. The second-order valence-corrected chi connectivity index (χ2v) is 4.30. The van der Waals surface area contributed by atoms with Crippen LogP contribution < -0.4 is 0 Å². The minimum absolute atomic E-state index is 0.0219. The molecule has 0 aliphatic carbocycles. The van der Waals surface area contributed by atoms with Gasteiger partial charge in [-0.3, -0.25) is 0 Å². The fourth-order valence-corrected chi connectivity index (χ4v) is 1.57. The largest absolute Gasteiger partial charge is 0.462 e. The molecule has 0 amide bonds. The van der Waals surface area contributed by atoms with Gasteiger partial charge in [0, 0.05) is 0 Å². The van der Waals surface area contributed by atoms with Crippen LogP contribution >= 0.6 is 0 Å². The van der Waals surface area contributed by atoms with E-state index in [4.69, 9.17) is 10.00 Å². The number of esters is 1. The number of hydrogen-bond acceptors (Lipinski definition) is 3. The number of carbonyl (C=O) groups excluding carboxylic acids is 1. The van der Waals surface area contributed by atoms with Gasteiger partial charge in [-0.15, -0.1) is 0 Å². The summed E-state index contributed by atoms with van der Waals surface area (Å²) in [5.74, 6) is -0.554. The predicted octanol–water partition coefficient (Wildman–Crippen LogP) is 3.88.